The molecular weight excluding hydrogens is 234 g/mol. The van der Waals surface area contributed by atoms with Crippen molar-refractivity contribution < 1.29 is 14.7 Å². The summed E-state index contributed by atoms with van der Waals surface area (Å²) in [5, 5.41) is 15.3. The van der Waals surface area contributed by atoms with Gasteiger partial charge in [0.1, 0.15) is 0 Å². The second-order valence-corrected chi connectivity index (χ2v) is 5.18. The van der Waals surface area contributed by atoms with E-state index in [-0.39, 0.29) is 31.4 Å². The van der Waals surface area contributed by atoms with E-state index in [0.717, 1.165) is 12.8 Å². The maximum atomic E-state index is 11.5. The Bertz CT molecular complexity index is 309. The predicted octanol–water partition coefficient (Wildman–Crippen LogP) is -0.881. The smallest absolute Gasteiger partial charge is 0.239 e. The first-order valence-electron chi connectivity index (χ1n) is 6.41. The lowest BCUT2D eigenvalue weighted by molar-refractivity contribution is -0.126. The van der Waals surface area contributed by atoms with Crippen LogP contribution in [0.3, 0.4) is 0 Å². The molecule has 1 rings (SSSR count). The van der Waals surface area contributed by atoms with E-state index in [9.17, 15) is 14.7 Å². The Morgan fingerprint density at radius 1 is 1.39 bits per heavy atom. The van der Waals surface area contributed by atoms with Crippen molar-refractivity contribution >= 4 is 11.8 Å². The van der Waals surface area contributed by atoms with E-state index in [0.29, 0.717) is 18.8 Å². The molecule has 0 spiro atoms. The van der Waals surface area contributed by atoms with Crippen LogP contribution >= 0.6 is 0 Å². The fourth-order valence-corrected chi connectivity index (χ4v) is 2.37. The van der Waals surface area contributed by atoms with Gasteiger partial charge in [0, 0.05) is 6.54 Å². The summed E-state index contributed by atoms with van der Waals surface area (Å²) in [6.45, 7) is 2.12. The zero-order valence-electron chi connectivity index (χ0n) is 10.9. The van der Waals surface area contributed by atoms with E-state index < -0.39 is 5.60 Å². The minimum absolute atomic E-state index is 0.0956. The van der Waals surface area contributed by atoms with Crippen LogP contribution in [0.25, 0.3) is 0 Å². The molecular formula is C12H23N3O3. The summed E-state index contributed by atoms with van der Waals surface area (Å²) in [6, 6.07) is 0. The lowest BCUT2D eigenvalue weighted by Gasteiger charge is -2.35. The van der Waals surface area contributed by atoms with Gasteiger partial charge in [0.25, 0.3) is 0 Å². The fourth-order valence-electron chi connectivity index (χ4n) is 2.37. The van der Waals surface area contributed by atoms with Gasteiger partial charge in [-0.15, -0.1) is 0 Å². The molecule has 2 atom stereocenters. The van der Waals surface area contributed by atoms with E-state index in [1.807, 2.05) is 0 Å². The maximum absolute atomic E-state index is 11.5. The van der Waals surface area contributed by atoms with Gasteiger partial charge in [0.15, 0.2) is 0 Å². The van der Waals surface area contributed by atoms with Gasteiger partial charge in [-0.3, -0.25) is 9.59 Å². The Kier molecular flexibility index (Phi) is 5.55. The number of nitrogens with two attached hydrogens (primary N) is 1. The summed E-state index contributed by atoms with van der Waals surface area (Å²) in [5.74, 6) is -0.184. The molecule has 2 amide bonds. The van der Waals surface area contributed by atoms with Gasteiger partial charge in [-0.05, 0) is 18.8 Å². The van der Waals surface area contributed by atoms with Crippen LogP contribution in [0.5, 0.6) is 0 Å². The first-order chi connectivity index (χ1) is 8.45. The van der Waals surface area contributed by atoms with Crippen molar-refractivity contribution in [3.8, 4) is 0 Å². The van der Waals surface area contributed by atoms with Crippen molar-refractivity contribution in [3.05, 3.63) is 0 Å². The summed E-state index contributed by atoms with van der Waals surface area (Å²) in [6.07, 6.45) is 3.54. The average molecular weight is 257 g/mol. The third-order valence-corrected chi connectivity index (χ3v) is 3.31. The molecule has 1 aliphatic rings. The van der Waals surface area contributed by atoms with Gasteiger partial charge >= 0.3 is 0 Å². The summed E-state index contributed by atoms with van der Waals surface area (Å²) >= 11 is 0. The maximum Gasteiger partial charge on any atom is 0.239 e. The number of amides is 2. The molecule has 0 aromatic rings. The zero-order valence-corrected chi connectivity index (χ0v) is 10.9. The van der Waals surface area contributed by atoms with E-state index in [1.165, 1.54) is 0 Å². The highest BCUT2D eigenvalue weighted by Crippen LogP contribution is 2.31. The van der Waals surface area contributed by atoms with Gasteiger partial charge in [0.05, 0.1) is 18.7 Å². The first kappa shape index (κ1) is 14.9. The summed E-state index contributed by atoms with van der Waals surface area (Å²) in [5.41, 5.74) is 4.30. The molecule has 1 fully saturated rings. The standard InChI is InChI=1S/C12H23N3O3/c1-9-3-2-4-12(18,5-9)8-15-11(17)7-14-10(16)6-13/h9,18H,2-8,13H2,1H3,(H,14,16)(H,15,17). The Balaban J connectivity index is 2.26. The van der Waals surface area contributed by atoms with Crippen molar-refractivity contribution in [2.45, 2.75) is 38.2 Å². The Labute approximate surface area is 107 Å². The molecule has 0 aliphatic heterocycles. The summed E-state index contributed by atoms with van der Waals surface area (Å²) < 4.78 is 0. The Morgan fingerprint density at radius 3 is 2.72 bits per heavy atom. The quantitative estimate of drug-likeness (QED) is 0.513. The van der Waals surface area contributed by atoms with Crippen LogP contribution in [0, 0.1) is 5.92 Å². The van der Waals surface area contributed by atoms with Crippen molar-refractivity contribution in [2.24, 2.45) is 11.7 Å². The average Bonchev–Trinajstić information content (AvgIpc) is 2.33. The van der Waals surface area contributed by atoms with Crippen LogP contribution in [-0.4, -0.2) is 42.2 Å². The zero-order chi connectivity index (χ0) is 13.6. The molecule has 0 heterocycles. The van der Waals surface area contributed by atoms with E-state index in [2.05, 4.69) is 17.6 Å². The molecule has 0 aromatic heterocycles. The number of carbonyl (C=O) groups excluding carboxylic acids is 2. The highest BCUT2D eigenvalue weighted by atomic mass is 16.3. The fraction of sp³-hybridized carbons (Fsp3) is 0.833. The summed E-state index contributed by atoms with van der Waals surface area (Å²) in [7, 11) is 0. The Hall–Kier alpha value is -1.14. The second-order valence-electron chi connectivity index (χ2n) is 5.18. The van der Waals surface area contributed by atoms with Crippen molar-refractivity contribution in [1.82, 2.24) is 10.6 Å². The molecule has 0 bridgehead atoms. The van der Waals surface area contributed by atoms with Gasteiger partial charge in [0.2, 0.25) is 11.8 Å². The number of nitrogens with one attached hydrogen (secondary N) is 2. The molecule has 5 N–H and O–H groups in total. The molecule has 6 nitrogen and oxygen atoms in total. The highest BCUT2D eigenvalue weighted by Gasteiger charge is 2.32. The summed E-state index contributed by atoms with van der Waals surface area (Å²) in [4.78, 5) is 22.3. The molecule has 1 saturated carbocycles. The van der Waals surface area contributed by atoms with E-state index in [4.69, 9.17) is 5.73 Å². The number of carbonyl (C=O) groups is 2. The minimum Gasteiger partial charge on any atom is -0.388 e. The van der Waals surface area contributed by atoms with Crippen molar-refractivity contribution in [2.75, 3.05) is 19.6 Å². The molecule has 0 saturated heterocycles. The SMILES string of the molecule is CC1CCCC(O)(CNC(=O)CNC(=O)CN)C1. The second kappa shape index (κ2) is 6.70. The van der Waals surface area contributed by atoms with Gasteiger partial charge in [-0.25, -0.2) is 0 Å². The number of hydrogen-bond donors (Lipinski definition) is 4. The van der Waals surface area contributed by atoms with E-state index in [1.54, 1.807) is 0 Å². The third-order valence-electron chi connectivity index (χ3n) is 3.31. The lowest BCUT2D eigenvalue weighted by atomic mass is 9.79. The lowest BCUT2D eigenvalue weighted by Crippen LogP contribution is -2.48. The van der Waals surface area contributed by atoms with Crippen LogP contribution in [0.2, 0.25) is 0 Å². The molecule has 18 heavy (non-hydrogen) atoms. The Morgan fingerprint density at radius 2 is 2.11 bits per heavy atom. The van der Waals surface area contributed by atoms with Gasteiger partial charge in [-0.2, -0.15) is 0 Å². The first-order valence-corrected chi connectivity index (χ1v) is 6.41. The topological polar surface area (TPSA) is 104 Å². The van der Waals surface area contributed by atoms with Crippen LogP contribution in [0.15, 0.2) is 0 Å². The van der Waals surface area contributed by atoms with Crippen LogP contribution in [0.1, 0.15) is 32.6 Å². The molecule has 6 heteroatoms. The van der Waals surface area contributed by atoms with Crippen LogP contribution in [0.4, 0.5) is 0 Å². The van der Waals surface area contributed by atoms with Crippen molar-refractivity contribution in [1.29, 1.82) is 0 Å². The van der Waals surface area contributed by atoms with Crippen LogP contribution in [-0.2, 0) is 9.59 Å². The molecule has 0 radical (unpaired) electrons. The van der Waals surface area contributed by atoms with Crippen LogP contribution < -0.4 is 16.4 Å². The van der Waals surface area contributed by atoms with Gasteiger partial charge < -0.3 is 21.5 Å². The molecule has 104 valence electrons. The molecule has 0 aromatic carbocycles. The van der Waals surface area contributed by atoms with Gasteiger partial charge in [-0.1, -0.05) is 19.8 Å². The molecule has 1 aliphatic carbocycles. The number of rotatable bonds is 5. The largest absolute Gasteiger partial charge is 0.388 e. The molecule has 2 unspecified atom stereocenters. The normalized spacial score (nSPS) is 27.6. The predicted molar refractivity (Wildman–Crippen MR) is 67.7 cm³/mol. The highest BCUT2D eigenvalue weighted by molar-refractivity contribution is 5.85. The number of aliphatic hydroxyl groups is 1. The monoisotopic (exact) mass is 257 g/mol. The minimum atomic E-state index is -0.800. The number of hydrogen-bond acceptors (Lipinski definition) is 4. The van der Waals surface area contributed by atoms with Crippen molar-refractivity contribution in [3.63, 3.8) is 0 Å². The third kappa shape index (κ3) is 5.01. The van der Waals surface area contributed by atoms with E-state index >= 15 is 0 Å².